The van der Waals surface area contributed by atoms with Gasteiger partial charge in [-0.05, 0) is 19.4 Å². The maximum absolute atomic E-state index is 4.65. The Morgan fingerprint density at radius 2 is 1.94 bits per heavy atom. The predicted molar refractivity (Wildman–Crippen MR) is 82.9 cm³/mol. The van der Waals surface area contributed by atoms with Crippen molar-refractivity contribution in [3.63, 3.8) is 0 Å². The lowest BCUT2D eigenvalue weighted by Gasteiger charge is -2.20. The molecule has 0 aliphatic heterocycles. The molecule has 18 heavy (non-hydrogen) atoms. The number of hydrogen-bond donors (Lipinski definition) is 0. The van der Waals surface area contributed by atoms with E-state index >= 15 is 0 Å². The van der Waals surface area contributed by atoms with Gasteiger partial charge in [-0.1, -0.05) is 46.3 Å². The van der Waals surface area contributed by atoms with Crippen LogP contribution in [0.15, 0.2) is 30.3 Å². The van der Waals surface area contributed by atoms with Crippen LogP contribution in [0.1, 0.15) is 16.1 Å². The van der Waals surface area contributed by atoms with E-state index in [1.54, 1.807) is 11.3 Å². The molecule has 2 nitrogen and oxygen atoms in total. The number of aromatic nitrogens is 1. The number of aryl methyl sites for hydroxylation is 2. The number of anilines is 1. The lowest BCUT2D eigenvalue weighted by molar-refractivity contribution is 0.832. The zero-order valence-corrected chi connectivity index (χ0v) is 13.1. The first-order valence-electron chi connectivity index (χ1n) is 5.99. The summed E-state index contributed by atoms with van der Waals surface area (Å²) in [6.45, 7) is 6.09. The first-order chi connectivity index (χ1) is 8.70. The molecule has 4 heteroatoms. The molecule has 0 bridgehead atoms. The first kappa shape index (κ1) is 13.6. The first-order valence-corrected chi connectivity index (χ1v) is 7.93. The SMILES string of the molecule is Cc1nc(N(CCBr)Cc2ccccc2)sc1C. The van der Waals surface area contributed by atoms with Crippen LogP contribution in [0.25, 0.3) is 0 Å². The Labute approximate surface area is 121 Å². The Morgan fingerprint density at radius 3 is 2.50 bits per heavy atom. The molecule has 1 aromatic heterocycles. The maximum Gasteiger partial charge on any atom is 0.186 e. The van der Waals surface area contributed by atoms with Crippen LogP contribution in [0.5, 0.6) is 0 Å². The zero-order valence-electron chi connectivity index (χ0n) is 10.7. The molecule has 96 valence electrons. The smallest absolute Gasteiger partial charge is 0.186 e. The van der Waals surface area contributed by atoms with Crippen molar-refractivity contribution >= 4 is 32.4 Å². The highest BCUT2D eigenvalue weighted by Crippen LogP contribution is 2.26. The van der Waals surface area contributed by atoms with Gasteiger partial charge >= 0.3 is 0 Å². The third-order valence-corrected chi connectivity index (χ3v) is 4.35. The number of nitrogens with zero attached hydrogens (tertiary/aromatic N) is 2. The maximum atomic E-state index is 4.65. The third-order valence-electron chi connectivity index (χ3n) is 2.86. The number of rotatable bonds is 5. The number of alkyl halides is 1. The Kier molecular flexibility index (Phi) is 4.78. The lowest BCUT2D eigenvalue weighted by Crippen LogP contribution is -2.24. The van der Waals surface area contributed by atoms with E-state index in [1.165, 1.54) is 10.4 Å². The van der Waals surface area contributed by atoms with Crippen molar-refractivity contribution in [1.29, 1.82) is 0 Å². The Balaban J connectivity index is 2.18. The average molecular weight is 325 g/mol. The Morgan fingerprint density at radius 1 is 1.22 bits per heavy atom. The van der Waals surface area contributed by atoms with Crippen molar-refractivity contribution in [3.8, 4) is 0 Å². The van der Waals surface area contributed by atoms with Crippen molar-refractivity contribution in [2.75, 3.05) is 16.8 Å². The highest BCUT2D eigenvalue weighted by Gasteiger charge is 2.12. The molecule has 0 saturated carbocycles. The summed E-state index contributed by atoms with van der Waals surface area (Å²) in [6.07, 6.45) is 0. The van der Waals surface area contributed by atoms with Gasteiger partial charge in [0.25, 0.3) is 0 Å². The van der Waals surface area contributed by atoms with Crippen LogP contribution in [0.3, 0.4) is 0 Å². The molecule has 0 unspecified atom stereocenters. The van der Waals surface area contributed by atoms with Crippen molar-refractivity contribution in [2.24, 2.45) is 0 Å². The second-order valence-corrected chi connectivity index (χ2v) is 6.21. The van der Waals surface area contributed by atoms with Gasteiger partial charge in [-0.2, -0.15) is 0 Å². The second kappa shape index (κ2) is 6.34. The summed E-state index contributed by atoms with van der Waals surface area (Å²) in [5, 5.41) is 2.07. The zero-order chi connectivity index (χ0) is 13.0. The van der Waals surface area contributed by atoms with Crippen molar-refractivity contribution in [2.45, 2.75) is 20.4 Å². The highest BCUT2D eigenvalue weighted by atomic mass is 79.9. The van der Waals surface area contributed by atoms with Crippen molar-refractivity contribution in [3.05, 3.63) is 46.5 Å². The monoisotopic (exact) mass is 324 g/mol. The molecule has 0 amide bonds. The molecule has 2 rings (SSSR count). The summed E-state index contributed by atoms with van der Waals surface area (Å²) in [7, 11) is 0. The summed E-state index contributed by atoms with van der Waals surface area (Å²) < 4.78 is 0. The van der Waals surface area contributed by atoms with Crippen LogP contribution in [-0.2, 0) is 6.54 Å². The fourth-order valence-corrected chi connectivity index (χ4v) is 3.10. The number of thiazole rings is 1. The van der Waals surface area contributed by atoms with Crippen LogP contribution < -0.4 is 4.90 Å². The molecule has 2 aromatic rings. The molecular formula is C14H17BrN2S. The van der Waals surface area contributed by atoms with Crippen molar-refractivity contribution < 1.29 is 0 Å². The summed E-state index contributed by atoms with van der Waals surface area (Å²) >= 11 is 5.30. The van der Waals surface area contributed by atoms with Crippen LogP contribution in [-0.4, -0.2) is 16.9 Å². The van der Waals surface area contributed by atoms with Gasteiger partial charge in [0.2, 0.25) is 0 Å². The fraction of sp³-hybridized carbons (Fsp3) is 0.357. The van der Waals surface area contributed by atoms with E-state index in [4.69, 9.17) is 0 Å². The van der Waals surface area contributed by atoms with Crippen LogP contribution in [0.2, 0.25) is 0 Å². The van der Waals surface area contributed by atoms with Gasteiger partial charge in [-0.25, -0.2) is 4.98 Å². The number of halogens is 1. The minimum atomic E-state index is 0.916. The van der Waals surface area contributed by atoms with E-state index in [1.807, 2.05) is 0 Å². The largest absolute Gasteiger partial charge is 0.343 e. The number of hydrogen-bond acceptors (Lipinski definition) is 3. The van der Waals surface area contributed by atoms with Gasteiger partial charge in [0.05, 0.1) is 5.69 Å². The van der Waals surface area contributed by atoms with Gasteiger partial charge in [-0.3, -0.25) is 0 Å². The summed E-state index contributed by atoms with van der Waals surface area (Å²) in [5.74, 6) is 0. The standard InChI is InChI=1S/C14H17BrN2S/c1-11-12(2)18-14(16-11)17(9-8-15)10-13-6-4-3-5-7-13/h3-7H,8-10H2,1-2H3. The van der Waals surface area contributed by atoms with Gasteiger partial charge in [0.1, 0.15) is 0 Å². The van der Waals surface area contributed by atoms with Crippen LogP contribution in [0.4, 0.5) is 5.13 Å². The molecule has 1 aromatic carbocycles. The Bertz CT molecular complexity index is 476. The molecule has 0 aliphatic rings. The van der Waals surface area contributed by atoms with Crippen LogP contribution >= 0.6 is 27.3 Å². The second-order valence-electron chi connectivity index (χ2n) is 4.23. The molecule has 0 saturated heterocycles. The quantitative estimate of drug-likeness (QED) is 0.767. The van der Waals surface area contributed by atoms with E-state index in [0.717, 1.165) is 29.2 Å². The fourth-order valence-electron chi connectivity index (χ4n) is 1.74. The molecule has 0 radical (unpaired) electrons. The third kappa shape index (κ3) is 3.33. The Hall–Kier alpha value is -0.870. The molecule has 0 spiro atoms. The molecule has 0 N–H and O–H groups in total. The van der Waals surface area contributed by atoms with Gasteiger partial charge in [-0.15, -0.1) is 11.3 Å². The van der Waals surface area contributed by atoms with Gasteiger partial charge in [0, 0.05) is 23.3 Å². The molecule has 0 atom stereocenters. The minimum absolute atomic E-state index is 0.916. The van der Waals surface area contributed by atoms with Crippen molar-refractivity contribution in [1.82, 2.24) is 4.98 Å². The summed E-state index contributed by atoms with van der Waals surface area (Å²) in [6, 6.07) is 10.5. The molecule has 0 fully saturated rings. The topological polar surface area (TPSA) is 16.1 Å². The minimum Gasteiger partial charge on any atom is -0.343 e. The lowest BCUT2D eigenvalue weighted by atomic mass is 10.2. The van der Waals surface area contributed by atoms with E-state index < -0.39 is 0 Å². The number of benzene rings is 1. The van der Waals surface area contributed by atoms with Gasteiger partial charge < -0.3 is 4.90 Å². The van der Waals surface area contributed by atoms with E-state index in [2.05, 4.69) is 70.0 Å². The molecule has 1 heterocycles. The van der Waals surface area contributed by atoms with E-state index in [0.29, 0.717) is 0 Å². The summed E-state index contributed by atoms with van der Waals surface area (Å²) in [4.78, 5) is 8.28. The molecule has 0 aliphatic carbocycles. The summed E-state index contributed by atoms with van der Waals surface area (Å²) in [5.41, 5.74) is 2.46. The predicted octanol–water partition coefficient (Wildman–Crippen LogP) is 4.16. The van der Waals surface area contributed by atoms with Gasteiger partial charge in [0.15, 0.2) is 5.13 Å². The van der Waals surface area contributed by atoms with Crippen LogP contribution in [0, 0.1) is 13.8 Å². The average Bonchev–Trinajstić information content (AvgIpc) is 2.70. The molecular weight excluding hydrogens is 308 g/mol. The van der Waals surface area contributed by atoms with E-state index in [-0.39, 0.29) is 0 Å². The highest BCUT2D eigenvalue weighted by molar-refractivity contribution is 9.09. The van der Waals surface area contributed by atoms with E-state index in [9.17, 15) is 0 Å². The normalized spacial score (nSPS) is 10.6.